The Hall–Kier alpha value is -2.18. The molecule has 1 aromatic carbocycles. The molecule has 1 fully saturated rings. The molecule has 6 heteroatoms. The molecule has 4 rings (SSSR count). The Morgan fingerprint density at radius 1 is 1.07 bits per heavy atom. The third kappa shape index (κ3) is 5.46. The van der Waals surface area contributed by atoms with Crippen molar-refractivity contribution in [2.45, 2.75) is 45.7 Å². The molecule has 0 aliphatic heterocycles. The van der Waals surface area contributed by atoms with E-state index in [1.807, 2.05) is 26.2 Å². The summed E-state index contributed by atoms with van der Waals surface area (Å²) in [7, 11) is 4.07. The summed E-state index contributed by atoms with van der Waals surface area (Å²) >= 11 is 1.77. The Morgan fingerprint density at radius 3 is 2.59 bits per heavy atom. The van der Waals surface area contributed by atoms with Crippen LogP contribution in [-0.4, -0.2) is 36.6 Å². The normalized spacial score (nSPS) is 19.0. The molecular weight excluding hydrogens is 378 g/mol. The van der Waals surface area contributed by atoms with Crippen molar-refractivity contribution in [3.05, 3.63) is 46.7 Å². The lowest BCUT2D eigenvalue weighted by molar-refractivity contribution is 0.324. The maximum atomic E-state index is 4.78. The lowest BCUT2D eigenvalue weighted by atomic mass is 9.86. The van der Waals surface area contributed by atoms with E-state index in [1.54, 1.807) is 11.3 Å². The molecule has 0 amide bonds. The summed E-state index contributed by atoms with van der Waals surface area (Å²) in [6, 6.07) is 10.9. The van der Waals surface area contributed by atoms with E-state index >= 15 is 0 Å². The first-order valence-corrected chi connectivity index (χ1v) is 11.1. The maximum absolute atomic E-state index is 4.78. The van der Waals surface area contributed by atoms with Gasteiger partial charge in [0.25, 0.3) is 0 Å². The number of fused-ring (bicyclic) bond motifs is 1. The number of aromatic nitrogens is 2. The largest absolute Gasteiger partial charge is 0.362 e. The fourth-order valence-corrected chi connectivity index (χ4v) is 4.64. The van der Waals surface area contributed by atoms with Crippen LogP contribution in [-0.2, 0) is 6.54 Å². The van der Waals surface area contributed by atoms with Crippen LogP contribution in [0.3, 0.4) is 0 Å². The number of nitrogens with zero attached hydrogens (tertiary/aromatic N) is 3. The molecule has 2 heterocycles. The molecule has 3 aromatic rings. The molecular formula is C23H33N5S. The number of para-hydroxylation sites is 1. The molecule has 0 atom stereocenters. The molecule has 1 aliphatic rings. The molecule has 0 unspecified atom stereocenters. The standard InChI is InChI=1S/C22H29N5S.CH4/c1-27(2)21-19-5-3-4-6-20(19)25-22(26-21)24-18-9-7-16(8-10-18)13-23-14-17-11-12-28-15-17;/h3-6,11-12,15-16,18,23H,7-10,13-14H2,1-2H3,(H,24,25,26);1H4. The van der Waals surface area contributed by atoms with E-state index in [-0.39, 0.29) is 7.43 Å². The van der Waals surface area contributed by atoms with E-state index in [4.69, 9.17) is 9.97 Å². The summed E-state index contributed by atoms with van der Waals surface area (Å²) in [4.78, 5) is 11.6. The van der Waals surface area contributed by atoms with Gasteiger partial charge in [0.05, 0.1) is 5.52 Å². The molecule has 0 spiro atoms. The Bertz CT molecular complexity index is 885. The molecule has 1 saturated carbocycles. The molecule has 0 bridgehead atoms. The second-order valence-electron chi connectivity index (χ2n) is 7.91. The van der Waals surface area contributed by atoms with Crippen molar-refractivity contribution in [3.8, 4) is 0 Å². The van der Waals surface area contributed by atoms with Crippen molar-refractivity contribution in [1.82, 2.24) is 15.3 Å². The zero-order valence-electron chi connectivity index (χ0n) is 16.7. The van der Waals surface area contributed by atoms with E-state index in [0.29, 0.717) is 6.04 Å². The highest BCUT2D eigenvalue weighted by atomic mass is 32.1. The van der Waals surface area contributed by atoms with Gasteiger partial charge in [0.15, 0.2) is 0 Å². The third-order valence-corrected chi connectivity index (χ3v) is 6.26. The number of benzene rings is 1. The highest BCUT2D eigenvalue weighted by Gasteiger charge is 2.22. The van der Waals surface area contributed by atoms with Gasteiger partial charge in [-0.15, -0.1) is 0 Å². The number of hydrogen-bond donors (Lipinski definition) is 2. The Kier molecular flexibility index (Phi) is 7.45. The Balaban J connectivity index is 0.00000240. The van der Waals surface area contributed by atoms with Gasteiger partial charge in [-0.25, -0.2) is 4.98 Å². The zero-order chi connectivity index (χ0) is 19.3. The van der Waals surface area contributed by atoms with E-state index < -0.39 is 0 Å². The molecule has 2 aromatic heterocycles. The van der Waals surface area contributed by atoms with Gasteiger partial charge < -0.3 is 15.5 Å². The summed E-state index contributed by atoms with van der Waals surface area (Å²) in [6.45, 7) is 2.10. The van der Waals surface area contributed by atoms with Crippen molar-refractivity contribution >= 4 is 34.0 Å². The quantitative estimate of drug-likeness (QED) is 0.563. The monoisotopic (exact) mass is 411 g/mol. The fraction of sp³-hybridized carbons (Fsp3) is 0.478. The molecule has 156 valence electrons. The Labute approximate surface area is 178 Å². The van der Waals surface area contributed by atoms with Gasteiger partial charge in [0.1, 0.15) is 5.82 Å². The SMILES string of the molecule is C.CN(C)c1nc(NC2CCC(CNCc3ccsc3)CC2)nc2ccccc12. The van der Waals surface area contributed by atoms with Crippen LogP contribution in [0, 0.1) is 5.92 Å². The van der Waals surface area contributed by atoms with Gasteiger partial charge in [-0.05, 0) is 72.7 Å². The van der Waals surface area contributed by atoms with E-state index in [9.17, 15) is 0 Å². The highest BCUT2D eigenvalue weighted by molar-refractivity contribution is 7.07. The molecule has 5 nitrogen and oxygen atoms in total. The maximum Gasteiger partial charge on any atom is 0.225 e. The number of thiophene rings is 1. The Morgan fingerprint density at radius 2 is 1.86 bits per heavy atom. The van der Waals surface area contributed by atoms with Gasteiger partial charge >= 0.3 is 0 Å². The molecule has 0 radical (unpaired) electrons. The number of hydrogen-bond acceptors (Lipinski definition) is 6. The van der Waals surface area contributed by atoms with Gasteiger partial charge in [0, 0.05) is 32.1 Å². The van der Waals surface area contributed by atoms with Crippen LogP contribution < -0.4 is 15.5 Å². The second kappa shape index (κ2) is 10.0. The number of anilines is 2. The number of rotatable bonds is 7. The van der Waals surface area contributed by atoms with Crippen LogP contribution in [0.4, 0.5) is 11.8 Å². The fourth-order valence-electron chi connectivity index (χ4n) is 3.97. The lowest BCUT2D eigenvalue weighted by Gasteiger charge is -2.29. The van der Waals surface area contributed by atoms with E-state index in [2.05, 4.69) is 44.5 Å². The van der Waals surface area contributed by atoms with Gasteiger partial charge in [-0.3, -0.25) is 0 Å². The topological polar surface area (TPSA) is 53.1 Å². The predicted molar refractivity (Wildman–Crippen MR) is 126 cm³/mol. The summed E-state index contributed by atoms with van der Waals surface area (Å²) in [5.41, 5.74) is 2.39. The van der Waals surface area contributed by atoms with Crippen LogP contribution in [0.25, 0.3) is 10.9 Å². The second-order valence-corrected chi connectivity index (χ2v) is 8.69. The zero-order valence-corrected chi connectivity index (χ0v) is 17.5. The average Bonchev–Trinajstić information content (AvgIpc) is 3.22. The van der Waals surface area contributed by atoms with Crippen LogP contribution in [0.5, 0.6) is 0 Å². The lowest BCUT2D eigenvalue weighted by Crippen LogP contribution is -2.31. The molecule has 1 aliphatic carbocycles. The first-order chi connectivity index (χ1) is 13.7. The molecule has 0 saturated heterocycles. The predicted octanol–water partition coefficient (Wildman–Crippen LogP) is 5.15. The minimum atomic E-state index is 0. The van der Waals surface area contributed by atoms with Crippen LogP contribution in [0.1, 0.15) is 38.7 Å². The van der Waals surface area contributed by atoms with Crippen molar-refractivity contribution < 1.29 is 0 Å². The third-order valence-electron chi connectivity index (χ3n) is 5.53. The minimum Gasteiger partial charge on any atom is -0.362 e. The summed E-state index contributed by atoms with van der Waals surface area (Å²) in [5.74, 6) is 2.49. The summed E-state index contributed by atoms with van der Waals surface area (Å²) < 4.78 is 0. The van der Waals surface area contributed by atoms with Crippen molar-refractivity contribution in [2.24, 2.45) is 5.92 Å². The number of nitrogens with one attached hydrogen (secondary N) is 2. The van der Waals surface area contributed by atoms with E-state index in [0.717, 1.165) is 41.7 Å². The van der Waals surface area contributed by atoms with E-state index in [1.165, 1.54) is 31.2 Å². The molecule has 29 heavy (non-hydrogen) atoms. The van der Waals surface area contributed by atoms with Gasteiger partial charge in [0.2, 0.25) is 5.95 Å². The summed E-state index contributed by atoms with van der Waals surface area (Å²) in [5, 5.41) is 12.7. The first-order valence-electron chi connectivity index (χ1n) is 10.1. The van der Waals surface area contributed by atoms with Gasteiger partial charge in [-0.1, -0.05) is 19.6 Å². The first kappa shape index (κ1) is 21.5. The summed E-state index contributed by atoms with van der Waals surface area (Å²) in [6.07, 6.45) is 4.86. The highest BCUT2D eigenvalue weighted by Crippen LogP contribution is 2.28. The van der Waals surface area contributed by atoms with Crippen molar-refractivity contribution in [1.29, 1.82) is 0 Å². The van der Waals surface area contributed by atoms with Crippen LogP contribution in [0.2, 0.25) is 0 Å². The molecule has 2 N–H and O–H groups in total. The minimum absolute atomic E-state index is 0. The van der Waals surface area contributed by atoms with Gasteiger partial charge in [-0.2, -0.15) is 16.3 Å². The van der Waals surface area contributed by atoms with Crippen LogP contribution >= 0.6 is 11.3 Å². The van der Waals surface area contributed by atoms with Crippen molar-refractivity contribution in [3.63, 3.8) is 0 Å². The smallest absolute Gasteiger partial charge is 0.225 e. The average molecular weight is 412 g/mol. The van der Waals surface area contributed by atoms with Crippen LogP contribution in [0.15, 0.2) is 41.1 Å². The van der Waals surface area contributed by atoms with Crippen molar-refractivity contribution in [2.75, 3.05) is 30.9 Å².